The van der Waals surface area contributed by atoms with E-state index in [1.807, 2.05) is 19.1 Å². The zero-order valence-corrected chi connectivity index (χ0v) is 14.1. The van der Waals surface area contributed by atoms with Gasteiger partial charge < -0.3 is 4.98 Å². The number of aromatic amines is 1. The van der Waals surface area contributed by atoms with Gasteiger partial charge in [0, 0.05) is 37.7 Å². The Labute approximate surface area is 140 Å². The Kier molecular flexibility index (Phi) is 3.82. The fraction of sp³-hybridized carbons (Fsp3) is 0.0625. The topological polar surface area (TPSA) is 32.9 Å². The number of rotatable bonds is 2. The molecule has 0 aliphatic rings. The number of nitrogens with one attached hydrogen (secondary N) is 1. The minimum Gasteiger partial charge on any atom is -0.360 e. The zero-order chi connectivity index (χ0) is 15.1. The number of benzene rings is 2. The van der Waals surface area contributed by atoms with E-state index in [1.54, 1.807) is 24.4 Å². The molecule has 0 fully saturated rings. The maximum Gasteiger partial charge on any atom is 0.195 e. The van der Waals surface area contributed by atoms with Gasteiger partial charge >= 0.3 is 0 Å². The van der Waals surface area contributed by atoms with E-state index in [4.69, 9.17) is 23.2 Å². The lowest BCUT2D eigenvalue weighted by Crippen LogP contribution is -2.01. The molecule has 1 aromatic heterocycles. The number of H-pyrrole nitrogens is 1. The molecule has 0 atom stereocenters. The lowest BCUT2D eigenvalue weighted by molar-refractivity contribution is 0.104. The van der Waals surface area contributed by atoms with E-state index >= 15 is 0 Å². The Morgan fingerprint density at radius 2 is 1.95 bits per heavy atom. The van der Waals surface area contributed by atoms with Crippen LogP contribution in [0.25, 0.3) is 10.9 Å². The van der Waals surface area contributed by atoms with Crippen molar-refractivity contribution in [2.75, 3.05) is 0 Å². The molecular formula is C16H10BrCl2NO. The minimum absolute atomic E-state index is 0.0685. The second-order valence-corrected chi connectivity index (χ2v) is 6.50. The van der Waals surface area contributed by atoms with Gasteiger partial charge in [0.15, 0.2) is 5.78 Å². The number of ketones is 1. The van der Waals surface area contributed by atoms with Gasteiger partial charge in [-0.2, -0.15) is 0 Å². The van der Waals surface area contributed by atoms with E-state index in [-0.39, 0.29) is 5.78 Å². The van der Waals surface area contributed by atoms with Crippen molar-refractivity contribution in [3.8, 4) is 0 Å². The van der Waals surface area contributed by atoms with Crippen LogP contribution < -0.4 is 0 Å². The quantitative estimate of drug-likeness (QED) is 0.560. The molecule has 1 N–H and O–H groups in total. The highest BCUT2D eigenvalue weighted by Crippen LogP contribution is 2.31. The molecule has 2 nitrogen and oxygen atoms in total. The molecule has 1 heterocycles. The summed E-state index contributed by atoms with van der Waals surface area (Å²) in [5, 5.41) is 1.70. The third-order valence-corrected chi connectivity index (χ3v) is 4.77. The second-order valence-electron chi connectivity index (χ2n) is 4.81. The summed E-state index contributed by atoms with van der Waals surface area (Å²) in [6.45, 7) is 1.95. The summed E-state index contributed by atoms with van der Waals surface area (Å²) in [4.78, 5) is 15.7. The monoisotopic (exact) mass is 381 g/mol. The molecule has 0 aliphatic carbocycles. The third-order valence-electron chi connectivity index (χ3n) is 3.36. The Hall–Kier alpha value is -1.29. The zero-order valence-electron chi connectivity index (χ0n) is 11.0. The van der Waals surface area contributed by atoms with Crippen LogP contribution in [0.15, 0.2) is 41.0 Å². The van der Waals surface area contributed by atoms with Gasteiger partial charge in [0.05, 0.1) is 5.02 Å². The van der Waals surface area contributed by atoms with Crippen molar-refractivity contribution < 1.29 is 4.79 Å². The fourth-order valence-corrected chi connectivity index (χ4v) is 3.15. The smallest absolute Gasteiger partial charge is 0.195 e. The van der Waals surface area contributed by atoms with Crippen molar-refractivity contribution in [1.82, 2.24) is 4.98 Å². The second kappa shape index (κ2) is 5.48. The molecule has 21 heavy (non-hydrogen) atoms. The van der Waals surface area contributed by atoms with Crippen LogP contribution in [0.5, 0.6) is 0 Å². The number of fused-ring (bicyclic) bond motifs is 1. The predicted octanol–water partition coefficient (Wildman–Crippen LogP) is 5.78. The highest BCUT2D eigenvalue weighted by Gasteiger charge is 2.17. The van der Waals surface area contributed by atoms with Gasteiger partial charge in [-0.15, -0.1) is 0 Å². The Balaban J connectivity index is 2.16. The molecule has 0 amide bonds. The van der Waals surface area contributed by atoms with Crippen LogP contribution >= 0.6 is 39.1 Å². The minimum atomic E-state index is -0.0685. The van der Waals surface area contributed by atoms with Crippen LogP contribution in [-0.4, -0.2) is 10.8 Å². The predicted molar refractivity (Wildman–Crippen MR) is 90.6 cm³/mol. The molecule has 0 aliphatic heterocycles. The van der Waals surface area contributed by atoms with Gasteiger partial charge in [0.2, 0.25) is 0 Å². The van der Waals surface area contributed by atoms with E-state index in [9.17, 15) is 4.79 Å². The number of carbonyl (C=O) groups excluding carboxylic acids is 1. The molecule has 0 radical (unpaired) electrons. The molecule has 0 saturated carbocycles. The highest BCUT2D eigenvalue weighted by atomic mass is 79.9. The van der Waals surface area contributed by atoms with Crippen molar-refractivity contribution in [1.29, 1.82) is 0 Å². The third kappa shape index (κ3) is 2.61. The van der Waals surface area contributed by atoms with Crippen LogP contribution in [0, 0.1) is 6.92 Å². The molecule has 3 rings (SSSR count). The molecular weight excluding hydrogens is 373 g/mol. The fourth-order valence-electron chi connectivity index (χ4n) is 2.30. The summed E-state index contributed by atoms with van der Waals surface area (Å²) in [5.41, 5.74) is 2.94. The number of aromatic nitrogens is 1. The van der Waals surface area contributed by atoms with E-state index in [0.29, 0.717) is 26.6 Å². The normalized spacial score (nSPS) is 11.0. The Bertz CT molecular complexity index is 870. The van der Waals surface area contributed by atoms with Gasteiger partial charge in [0.1, 0.15) is 0 Å². The highest BCUT2D eigenvalue weighted by molar-refractivity contribution is 9.10. The van der Waals surface area contributed by atoms with Gasteiger partial charge in [-0.05, 0) is 42.8 Å². The molecule has 106 valence electrons. The molecule has 0 saturated heterocycles. The van der Waals surface area contributed by atoms with Crippen molar-refractivity contribution in [2.45, 2.75) is 6.92 Å². The summed E-state index contributed by atoms with van der Waals surface area (Å²) in [7, 11) is 0. The average molecular weight is 383 g/mol. The summed E-state index contributed by atoms with van der Waals surface area (Å²) in [6.07, 6.45) is 1.67. The molecule has 5 heteroatoms. The molecule has 0 unspecified atom stereocenters. The van der Waals surface area contributed by atoms with Gasteiger partial charge in [-0.25, -0.2) is 0 Å². The molecule has 2 aromatic carbocycles. The van der Waals surface area contributed by atoms with E-state index in [2.05, 4.69) is 20.9 Å². The average Bonchev–Trinajstić information content (AvgIpc) is 2.85. The van der Waals surface area contributed by atoms with E-state index < -0.39 is 0 Å². The number of carbonyl (C=O) groups is 1. The lowest BCUT2D eigenvalue weighted by atomic mass is 10.0. The van der Waals surface area contributed by atoms with Gasteiger partial charge in [0.25, 0.3) is 0 Å². The van der Waals surface area contributed by atoms with Crippen LogP contribution in [-0.2, 0) is 0 Å². The standard InChI is InChI=1S/C16H10BrCl2NO/c1-8-4-9(2-3-12(8)17)16(21)11-7-20-14-6-10(18)5-13(19)15(11)14/h2-7,20H,1H3. The van der Waals surface area contributed by atoms with Crippen LogP contribution in [0.2, 0.25) is 10.0 Å². The number of hydrogen-bond donors (Lipinski definition) is 1. The lowest BCUT2D eigenvalue weighted by Gasteiger charge is -2.04. The van der Waals surface area contributed by atoms with Crippen molar-refractivity contribution in [3.05, 3.63) is 67.7 Å². The van der Waals surface area contributed by atoms with Crippen molar-refractivity contribution in [2.24, 2.45) is 0 Å². The van der Waals surface area contributed by atoms with Crippen LogP contribution in [0.3, 0.4) is 0 Å². The number of hydrogen-bond acceptors (Lipinski definition) is 1. The van der Waals surface area contributed by atoms with E-state index in [0.717, 1.165) is 15.6 Å². The Morgan fingerprint density at radius 3 is 2.67 bits per heavy atom. The van der Waals surface area contributed by atoms with Crippen LogP contribution in [0.1, 0.15) is 21.5 Å². The first-order valence-electron chi connectivity index (χ1n) is 6.24. The van der Waals surface area contributed by atoms with Gasteiger partial charge in [-0.1, -0.05) is 39.1 Å². The largest absolute Gasteiger partial charge is 0.360 e. The molecule has 3 aromatic rings. The van der Waals surface area contributed by atoms with Gasteiger partial charge in [-0.3, -0.25) is 4.79 Å². The molecule has 0 bridgehead atoms. The summed E-state index contributed by atoms with van der Waals surface area (Å²) >= 11 is 15.6. The van der Waals surface area contributed by atoms with Crippen LogP contribution in [0.4, 0.5) is 0 Å². The number of aryl methyl sites for hydroxylation is 1. The summed E-state index contributed by atoms with van der Waals surface area (Å²) in [5.74, 6) is -0.0685. The molecule has 0 spiro atoms. The van der Waals surface area contributed by atoms with Crippen molar-refractivity contribution >= 4 is 55.8 Å². The summed E-state index contributed by atoms with van der Waals surface area (Å²) < 4.78 is 0.975. The SMILES string of the molecule is Cc1cc(C(=O)c2c[nH]c3cc(Cl)cc(Cl)c23)ccc1Br. The number of halogens is 3. The first-order chi connectivity index (χ1) is 9.97. The Morgan fingerprint density at radius 1 is 1.19 bits per heavy atom. The van der Waals surface area contributed by atoms with E-state index in [1.165, 1.54) is 0 Å². The maximum absolute atomic E-state index is 12.7. The first-order valence-corrected chi connectivity index (χ1v) is 7.79. The van der Waals surface area contributed by atoms with Crippen molar-refractivity contribution in [3.63, 3.8) is 0 Å². The maximum atomic E-state index is 12.7. The summed E-state index contributed by atoms with van der Waals surface area (Å²) in [6, 6.07) is 8.92. The first kappa shape index (κ1) is 14.6.